The predicted octanol–water partition coefficient (Wildman–Crippen LogP) is 4.88. The lowest BCUT2D eigenvalue weighted by atomic mass is 10.1. The van der Waals surface area contributed by atoms with Crippen LogP contribution in [-0.2, 0) is 7.05 Å². The number of rotatable bonds is 7. The van der Waals surface area contributed by atoms with Crippen molar-refractivity contribution in [3.63, 3.8) is 0 Å². The minimum atomic E-state index is 0.0954. The molecule has 0 fully saturated rings. The molecule has 0 saturated carbocycles. The van der Waals surface area contributed by atoms with Gasteiger partial charge in [-0.05, 0) is 44.5 Å². The molecule has 158 valence electrons. The van der Waals surface area contributed by atoms with Crippen LogP contribution in [0.2, 0.25) is 0 Å². The van der Waals surface area contributed by atoms with E-state index in [2.05, 4.69) is 45.7 Å². The average molecular weight is 432 g/mol. The summed E-state index contributed by atoms with van der Waals surface area (Å²) in [5.74, 6) is 1.16. The number of aryl methyl sites for hydroxylation is 1. The SMILES string of the molecule is Cc1cc(C(=O)CSc2nnc(-c3ccncc3)n2C)c(C)n1[C@H](C)c1ccccc1. The highest BCUT2D eigenvalue weighted by molar-refractivity contribution is 7.99. The first-order chi connectivity index (χ1) is 15.0. The summed E-state index contributed by atoms with van der Waals surface area (Å²) in [5, 5.41) is 9.26. The Morgan fingerprint density at radius 1 is 1.06 bits per heavy atom. The fourth-order valence-corrected chi connectivity index (χ4v) is 4.73. The topological polar surface area (TPSA) is 65.6 Å². The van der Waals surface area contributed by atoms with E-state index in [4.69, 9.17) is 0 Å². The Balaban J connectivity index is 1.51. The van der Waals surface area contributed by atoms with Gasteiger partial charge in [-0.3, -0.25) is 9.78 Å². The van der Waals surface area contributed by atoms with E-state index in [0.717, 1.165) is 28.3 Å². The van der Waals surface area contributed by atoms with Crippen molar-refractivity contribution in [2.45, 2.75) is 32.0 Å². The van der Waals surface area contributed by atoms with E-state index in [9.17, 15) is 4.79 Å². The maximum atomic E-state index is 13.1. The summed E-state index contributed by atoms with van der Waals surface area (Å²) < 4.78 is 4.14. The number of aromatic nitrogens is 5. The Morgan fingerprint density at radius 2 is 1.77 bits per heavy atom. The van der Waals surface area contributed by atoms with Gasteiger partial charge in [0.1, 0.15) is 0 Å². The number of carbonyl (C=O) groups excluding carboxylic acids is 1. The molecule has 0 saturated heterocycles. The third-order valence-corrected chi connectivity index (χ3v) is 6.58. The zero-order valence-corrected chi connectivity index (χ0v) is 18.9. The molecule has 0 N–H and O–H groups in total. The minimum absolute atomic E-state index is 0.0954. The van der Waals surface area contributed by atoms with Crippen LogP contribution in [0.1, 0.15) is 40.3 Å². The molecule has 1 atom stereocenters. The smallest absolute Gasteiger partial charge is 0.191 e. The van der Waals surface area contributed by atoms with E-state index in [1.54, 1.807) is 12.4 Å². The molecule has 4 aromatic rings. The summed E-state index contributed by atoms with van der Waals surface area (Å²) in [6.45, 7) is 6.24. The molecule has 4 rings (SSSR count). The monoisotopic (exact) mass is 431 g/mol. The van der Waals surface area contributed by atoms with Crippen molar-refractivity contribution < 1.29 is 4.79 Å². The lowest BCUT2D eigenvalue weighted by Gasteiger charge is -2.19. The molecule has 31 heavy (non-hydrogen) atoms. The number of Topliss-reactive ketones (excluding diaryl/α,β-unsaturated/α-hetero) is 1. The van der Waals surface area contributed by atoms with Gasteiger partial charge in [0.25, 0.3) is 0 Å². The molecular formula is C24H25N5OS. The third-order valence-electron chi connectivity index (χ3n) is 5.56. The van der Waals surface area contributed by atoms with Gasteiger partial charge in [-0.1, -0.05) is 42.1 Å². The molecule has 0 bridgehead atoms. The van der Waals surface area contributed by atoms with Crippen molar-refractivity contribution in [2.75, 3.05) is 5.75 Å². The van der Waals surface area contributed by atoms with E-state index < -0.39 is 0 Å². The molecule has 6 nitrogen and oxygen atoms in total. The van der Waals surface area contributed by atoms with Gasteiger partial charge in [-0.25, -0.2) is 0 Å². The van der Waals surface area contributed by atoms with Crippen LogP contribution in [0.25, 0.3) is 11.4 Å². The largest absolute Gasteiger partial charge is 0.341 e. The van der Waals surface area contributed by atoms with Gasteiger partial charge in [0, 0.05) is 42.0 Å². The molecule has 3 aromatic heterocycles. The van der Waals surface area contributed by atoms with Crippen LogP contribution in [-0.4, -0.2) is 35.9 Å². The lowest BCUT2D eigenvalue weighted by molar-refractivity contribution is 0.102. The predicted molar refractivity (Wildman–Crippen MR) is 123 cm³/mol. The van der Waals surface area contributed by atoms with Crippen molar-refractivity contribution in [2.24, 2.45) is 7.05 Å². The van der Waals surface area contributed by atoms with Gasteiger partial charge in [-0.15, -0.1) is 10.2 Å². The van der Waals surface area contributed by atoms with Gasteiger partial charge in [0.2, 0.25) is 0 Å². The lowest BCUT2D eigenvalue weighted by Crippen LogP contribution is -2.12. The van der Waals surface area contributed by atoms with Gasteiger partial charge in [-0.2, -0.15) is 0 Å². The van der Waals surface area contributed by atoms with Crippen LogP contribution < -0.4 is 0 Å². The van der Waals surface area contributed by atoms with Gasteiger partial charge < -0.3 is 9.13 Å². The number of hydrogen-bond donors (Lipinski definition) is 0. The second kappa shape index (κ2) is 8.89. The Morgan fingerprint density at radius 3 is 2.48 bits per heavy atom. The van der Waals surface area contributed by atoms with Gasteiger partial charge >= 0.3 is 0 Å². The summed E-state index contributed by atoms with van der Waals surface area (Å²) in [6, 6.07) is 16.3. The van der Waals surface area contributed by atoms with Crippen LogP contribution in [0.3, 0.4) is 0 Å². The minimum Gasteiger partial charge on any atom is -0.341 e. The van der Waals surface area contributed by atoms with E-state index in [0.29, 0.717) is 10.9 Å². The van der Waals surface area contributed by atoms with Crippen LogP contribution in [0.5, 0.6) is 0 Å². The molecule has 1 aromatic carbocycles. The van der Waals surface area contributed by atoms with Crippen molar-refractivity contribution in [1.29, 1.82) is 0 Å². The van der Waals surface area contributed by atoms with Crippen molar-refractivity contribution in [1.82, 2.24) is 24.3 Å². The van der Waals surface area contributed by atoms with E-state index in [1.165, 1.54) is 17.3 Å². The normalized spacial score (nSPS) is 12.1. The number of ketones is 1. The number of nitrogens with zero attached hydrogens (tertiary/aromatic N) is 5. The number of hydrogen-bond acceptors (Lipinski definition) is 5. The number of pyridine rings is 1. The molecule has 0 radical (unpaired) electrons. The Kier molecular flexibility index (Phi) is 6.04. The fraction of sp³-hybridized carbons (Fsp3) is 0.250. The van der Waals surface area contributed by atoms with E-state index in [-0.39, 0.29) is 11.8 Å². The quantitative estimate of drug-likeness (QED) is 0.308. The van der Waals surface area contributed by atoms with Crippen molar-refractivity contribution in [3.05, 3.63) is 83.4 Å². The first-order valence-corrected chi connectivity index (χ1v) is 11.1. The molecule has 3 heterocycles. The van der Waals surface area contributed by atoms with Crippen LogP contribution in [0.15, 0.2) is 66.1 Å². The second-order valence-corrected chi connectivity index (χ2v) is 8.50. The fourth-order valence-electron chi connectivity index (χ4n) is 3.94. The van der Waals surface area contributed by atoms with Crippen molar-refractivity contribution in [3.8, 4) is 11.4 Å². The number of thioether (sulfide) groups is 1. The molecule has 7 heteroatoms. The summed E-state index contributed by atoms with van der Waals surface area (Å²) in [7, 11) is 1.91. The number of benzene rings is 1. The maximum Gasteiger partial charge on any atom is 0.191 e. The average Bonchev–Trinajstić information content (AvgIpc) is 3.31. The highest BCUT2D eigenvalue weighted by Gasteiger charge is 2.21. The second-order valence-electron chi connectivity index (χ2n) is 7.55. The standard InChI is InChI=1S/C24H25N5OS/c1-16-14-21(18(3)29(16)17(2)19-8-6-5-7-9-19)22(30)15-31-24-27-26-23(28(24)4)20-10-12-25-13-11-20/h5-14,17H,15H2,1-4H3/t17-/m1/s1. The zero-order valence-electron chi connectivity index (χ0n) is 18.1. The first kappa shape index (κ1) is 21.1. The summed E-state index contributed by atoms with van der Waals surface area (Å²) in [5.41, 5.74) is 5.02. The van der Waals surface area contributed by atoms with E-state index in [1.807, 2.05) is 54.9 Å². The Bertz CT molecular complexity index is 1200. The molecular weight excluding hydrogens is 406 g/mol. The Hall–Kier alpha value is -3.19. The summed E-state index contributed by atoms with van der Waals surface area (Å²) in [6.07, 6.45) is 3.46. The first-order valence-electron chi connectivity index (χ1n) is 10.2. The van der Waals surface area contributed by atoms with Crippen LogP contribution in [0, 0.1) is 13.8 Å². The molecule has 0 amide bonds. The van der Waals surface area contributed by atoms with Crippen LogP contribution in [0.4, 0.5) is 0 Å². The van der Waals surface area contributed by atoms with Gasteiger partial charge in [0.05, 0.1) is 11.8 Å². The van der Waals surface area contributed by atoms with Crippen molar-refractivity contribution >= 4 is 17.5 Å². The van der Waals surface area contributed by atoms with E-state index >= 15 is 0 Å². The zero-order chi connectivity index (χ0) is 22.0. The Labute approximate surface area is 186 Å². The van der Waals surface area contributed by atoms with Crippen LogP contribution >= 0.6 is 11.8 Å². The molecule has 0 aliphatic heterocycles. The van der Waals surface area contributed by atoms with Gasteiger partial charge in [0.15, 0.2) is 16.8 Å². The summed E-state index contributed by atoms with van der Waals surface area (Å²) >= 11 is 1.41. The molecule has 0 unspecified atom stereocenters. The molecule has 0 aliphatic carbocycles. The number of carbonyl (C=O) groups is 1. The summed E-state index contributed by atoms with van der Waals surface area (Å²) in [4.78, 5) is 17.1. The third kappa shape index (κ3) is 4.18. The maximum absolute atomic E-state index is 13.1. The highest BCUT2D eigenvalue weighted by atomic mass is 32.2. The molecule has 0 aliphatic rings. The molecule has 0 spiro atoms. The highest BCUT2D eigenvalue weighted by Crippen LogP contribution is 2.28.